The molecule has 0 fully saturated rings. The van der Waals surface area contributed by atoms with Crippen molar-refractivity contribution in [3.8, 4) is 0 Å². The summed E-state index contributed by atoms with van der Waals surface area (Å²) in [6.45, 7) is 0. The summed E-state index contributed by atoms with van der Waals surface area (Å²) >= 11 is -3.58. The van der Waals surface area contributed by atoms with E-state index in [0.717, 1.165) is 0 Å². The molecule has 0 spiro atoms. The molecule has 7 heavy (non-hydrogen) atoms. The van der Waals surface area contributed by atoms with Gasteiger partial charge in [0.25, 0.3) is 0 Å². The molecule has 36 valence electrons. The van der Waals surface area contributed by atoms with Gasteiger partial charge >= 0.3 is 67.0 Å². The molecule has 4 N–H and O–H groups in total. The van der Waals surface area contributed by atoms with Crippen LogP contribution in [-0.4, -0.2) is 12.9 Å². The summed E-state index contributed by atoms with van der Waals surface area (Å²) in [6, 6.07) is 0. The molecule has 0 atom stereocenters. The van der Waals surface area contributed by atoms with Crippen molar-refractivity contribution >= 4 is 0 Å². The van der Waals surface area contributed by atoms with E-state index in [9.17, 15) is 0 Å². The molecule has 0 bridgehead atoms. The van der Waals surface area contributed by atoms with Gasteiger partial charge in [-0.15, -0.1) is 0 Å². The van der Waals surface area contributed by atoms with Crippen molar-refractivity contribution in [2.45, 2.75) is 0 Å². The van der Waals surface area contributed by atoms with Gasteiger partial charge in [0.05, 0.1) is 0 Å². The van der Waals surface area contributed by atoms with Gasteiger partial charge in [0.1, 0.15) is 0 Å². The maximum absolute atomic E-state index is 8.81. The number of hydrogen-bond donors (Lipinski definition) is 2. The zero-order chi connectivity index (χ0) is 3.58. The number of hydrogen-bond acceptors (Lipinski definition) is 1. The quantitative estimate of drug-likeness (QED) is 0.320. The fourth-order valence-corrected chi connectivity index (χ4v) is 0. The average molecular weight is 132 g/mol. The van der Waals surface area contributed by atoms with Gasteiger partial charge in [-0.3, -0.25) is 0 Å². The first-order chi connectivity index (χ1) is 1.73. The fourth-order valence-electron chi connectivity index (χ4n) is 0. The van der Waals surface area contributed by atoms with E-state index in [1.54, 1.807) is 0 Å². The van der Waals surface area contributed by atoms with Crippen LogP contribution < -0.4 is 37.7 Å². The van der Waals surface area contributed by atoms with Crippen LogP contribution in [0.5, 0.6) is 0 Å². The van der Waals surface area contributed by atoms with Crippen LogP contribution >= 0.6 is 0 Å². The van der Waals surface area contributed by atoms with Crippen molar-refractivity contribution in [1.29, 1.82) is 0 Å². The molecule has 0 saturated carbocycles. The van der Waals surface area contributed by atoms with Crippen LogP contribution in [0.15, 0.2) is 0 Å². The van der Waals surface area contributed by atoms with Crippen LogP contribution in [0.3, 0.4) is 0 Å². The summed E-state index contributed by atoms with van der Waals surface area (Å²) in [7, 11) is 0. The van der Waals surface area contributed by atoms with Crippen LogP contribution in [0.1, 0.15) is 2.85 Å². The van der Waals surface area contributed by atoms with E-state index in [1.165, 1.54) is 0 Å². The summed E-state index contributed by atoms with van der Waals surface area (Å²) < 4.78 is 23.2. The van der Waals surface area contributed by atoms with Crippen LogP contribution in [0.4, 0.5) is 0 Å². The van der Waals surface area contributed by atoms with Crippen LogP contribution in [0, 0.1) is 0 Å². The molecule has 0 heterocycles. The second kappa shape index (κ2) is 15.6. The standard InChI is InChI=1S/2Li.3H2O.O.Ti.2H/h;;3*1H2;;;;/q2*+1;;;;;+2;2*-1/p-2. The van der Waals surface area contributed by atoms with Crippen molar-refractivity contribution in [3.05, 3.63) is 0 Å². The van der Waals surface area contributed by atoms with E-state index >= 15 is 0 Å². The molecule has 7 heteroatoms. The predicted molar refractivity (Wildman–Crippen MR) is 11.0 cm³/mol. The summed E-state index contributed by atoms with van der Waals surface area (Å²) in [5.41, 5.74) is 0. The van der Waals surface area contributed by atoms with Crippen molar-refractivity contribution < 1.29 is 75.4 Å². The monoisotopic (exact) mass is 132 g/mol. The van der Waals surface area contributed by atoms with Crippen LogP contribution in [0.2, 0.25) is 0 Å². The van der Waals surface area contributed by atoms with E-state index < -0.39 is 18.6 Å². The Morgan fingerprint density at radius 3 is 1.29 bits per heavy atom. The topological polar surface area (TPSA) is 89.0 Å². The molecule has 0 aromatic heterocycles. The summed E-state index contributed by atoms with van der Waals surface area (Å²) in [5, 5.41) is 0. The Labute approximate surface area is 75.0 Å². The molecule has 0 aromatic carbocycles. The Morgan fingerprint density at radius 2 is 1.29 bits per heavy atom. The van der Waals surface area contributed by atoms with Gasteiger partial charge in [0, 0.05) is 0 Å². The van der Waals surface area contributed by atoms with Crippen molar-refractivity contribution in [2.24, 2.45) is 0 Å². The molecule has 0 rings (SSSR count). The third-order valence-electron chi connectivity index (χ3n) is 0. The Kier molecular flexibility index (Phi) is 52.5. The van der Waals surface area contributed by atoms with Gasteiger partial charge in [-0.05, 0) is 0 Å². The summed E-state index contributed by atoms with van der Waals surface area (Å²) in [5.74, 6) is 0. The molecule has 0 aliphatic heterocycles. The van der Waals surface area contributed by atoms with Gasteiger partial charge in [-0.25, -0.2) is 0 Å². The van der Waals surface area contributed by atoms with E-state index in [4.69, 9.17) is 10.7 Å². The average Bonchev–Trinajstić information content (AvgIpc) is 0.811. The van der Waals surface area contributed by atoms with Crippen molar-refractivity contribution in [2.75, 3.05) is 0 Å². The second-order valence-corrected chi connectivity index (χ2v) is 1.17. The zero-order valence-corrected chi connectivity index (χ0v) is 5.86. The molecule has 0 amide bonds. The van der Waals surface area contributed by atoms with Gasteiger partial charge in [0.2, 0.25) is 0 Å². The van der Waals surface area contributed by atoms with Gasteiger partial charge < -0.3 is 8.33 Å². The van der Waals surface area contributed by atoms with Gasteiger partial charge in [0.15, 0.2) is 0 Å². The molecule has 0 saturated heterocycles. The van der Waals surface area contributed by atoms with E-state index in [1.807, 2.05) is 0 Å². The van der Waals surface area contributed by atoms with Crippen LogP contribution in [0.25, 0.3) is 0 Å². The fraction of sp³-hybridized carbons (Fsp3) is 0. The van der Waals surface area contributed by atoms with E-state index in [2.05, 4.69) is 0 Å². The van der Waals surface area contributed by atoms with Gasteiger partial charge in [-0.2, -0.15) is 0 Å². The Hall–Kier alpha value is 1.59. The second-order valence-electron chi connectivity index (χ2n) is 0.283. The van der Waals surface area contributed by atoms with Crippen molar-refractivity contribution in [1.82, 2.24) is 0 Å². The van der Waals surface area contributed by atoms with Gasteiger partial charge in [-0.1, -0.05) is 0 Å². The third-order valence-corrected chi connectivity index (χ3v) is 0. The molecule has 0 aliphatic rings. The molecular formula is H6Li2O4Ti. The Morgan fingerprint density at radius 1 is 1.29 bits per heavy atom. The number of rotatable bonds is 0. The molecule has 0 radical (unpaired) electrons. The maximum atomic E-state index is 8.81. The van der Waals surface area contributed by atoms with E-state index in [-0.39, 0.29) is 46.1 Å². The SMILES string of the molecule is O.[H-].[H-].[Li+].[Li+].[O]=[Ti]([OH])[OH]. The van der Waals surface area contributed by atoms with Crippen LogP contribution in [-0.2, 0) is 21.9 Å². The summed E-state index contributed by atoms with van der Waals surface area (Å²) in [6.07, 6.45) is 0. The minimum absolute atomic E-state index is 0. The Bertz CT molecular complexity index is 39.5. The normalized spacial score (nSPS) is 3.71. The third kappa shape index (κ3) is 93.9. The van der Waals surface area contributed by atoms with E-state index in [0.29, 0.717) is 0 Å². The van der Waals surface area contributed by atoms with Crippen molar-refractivity contribution in [3.63, 3.8) is 0 Å². The molecule has 0 aromatic rings. The molecule has 4 nitrogen and oxygen atoms in total. The summed E-state index contributed by atoms with van der Waals surface area (Å²) in [4.78, 5) is 0. The first-order valence-electron chi connectivity index (χ1n) is 0.651. The molecule has 0 unspecified atom stereocenters. The first kappa shape index (κ1) is 23.5. The molecule has 0 aliphatic carbocycles. The minimum atomic E-state index is -3.58. The Balaban J connectivity index is -0.00000000450. The first-order valence-corrected chi connectivity index (χ1v) is 2.69. The molecular weight excluding hydrogens is 126 g/mol. The predicted octanol–water partition coefficient (Wildman–Crippen LogP) is -7.83. The zero-order valence-electron chi connectivity index (χ0n) is 6.30.